The summed E-state index contributed by atoms with van der Waals surface area (Å²) in [6.07, 6.45) is 3.00. The van der Waals surface area contributed by atoms with Gasteiger partial charge in [-0.3, -0.25) is 4.79 Å². The van der Waals surface area contributed by atoms with Gasteiger partial charge in [0.15, 0.2) is 0 Å². The van der Waals surface area contributed by atoms with E-state index in [4.69, 9.17) is 9.26 Å². The molecule has 9 heteroatoms. The number of thiophene rings is 1. The van der Waals surface area contributed by atoms with Gasteiger partial charge in [-0.25, -0.2) is 9.97 Å². The van der Waals surface area contributed by atoms with Crippen molar-refractivity contribution in [2.75, 3.05) is 26.1 Å². The van der Waals surface area contributed by atoms with E-state index in [1.807, 2.05) is 13.8 Å². The number of rotatable bonds is 7. The van der Waals surface area contributed by atoms with Crippen LogP contribution in [0.5, 0.6) is 0 Å². The summed E-state index contributed by atoms with van der Waals surface area (Å²) >= 11 is 1.37. The molecule has 26 heavy (non-hydrogen) atoms. The Morgan fingerprint density at radius 1 is 1.46 bits per heavy atom. The van der Waals surface area contributed by atoms with Gasteiger partial charge in [0.05, 0.1) is 23.4 Å². The van der Waals surface area contributed by atoms with E-state index in [9.17, 15) is 4.79 Å². The molecule has 1 N–H and O–H groups in total. The Morgan fingerprint density at radius 2 is 2.27 bits per heavy atom. The number of aryl methyl sites for hydroxylation is 1. The Bertz CT molecular complexity index is 893. The Labute approximate surface area is 155 Å². The predicted octanol–water partition coefficient (Wildman–Crippen LogP) is 2.71. The number of anilines is 1. The molecular formula is C17H21N5O3S. The number of aromatic nitrogens is 3. The van der Waals surface area contributed by atoms with Gasteiger partial charge in [0, 0.05) is 26.3 Å². The number of amides is 1. The van der Waals surface area contributed by atoms with Gasteiger partial charge in [-0.1, -0.05) is 5.16 Å². The van der Waals surface area contributed by atoms with E-state index in [1.54, 1.807) is 25.1 Å². The molecule has 0 radical (unpaired) electrons. The highest BCUT2D eigenvalue weighted by atomic mass is 32.1. The van der Waals surface area contributed by atoms with Crippen molar-refractivity contribution in [2.24, 2.45) is 0 Å². The predicted molar refractivity (Wildman–Crippen MR) is 99.4 cm³/mol. The van der Waals surface area contributed by atoms with Crippen molar-refractivity contribution < 1.29 is 14.1 Å². The summed E-state index contributed by atoms with van der Waals surface area (Å²) in [7, 11) is 3.40. The maximum Gasteiger partial charge on any atom is 0.264 e. The number of carbonyl (C=O) groups excluding carboxylic acids is 1. The molecule has 1 amide bonds. The van der Waals surface area contributed by atoms with Gasteiger partial charge in [0.2, 0.25) is 0 Å². The Morgan fingerprint density at radius 3 is 2.96 bits per heavy atom. The summed E-state index contributed by atoms with van der Waals surface area (Å²) in [5, 5.41) is 8.05. The summed E-state index contributed by atoms with van der Waals surface area (Å²) in [5.74, 6) is 0.635. The number of fused-ring (bicyclic) bond motifs is 1. The molecule has 3 aromatic rings. The van der Waals surface area contributed by atoms with Crippen LogP contribution in [0.1, 0.15) is 27.9 Å². The third-order valence-corrected chi connectivity index (χ3v) is 5.15. The number of hydrogen-bond donors (Lipinski definition) is 1. The fraction of sp³-hybridized carbons (Fsp3) is 0.412. The SMILES string of the molecule is COC[C@H](C)Nc1ncnc2sc(C(=O)N(C)Cc3ccon3)c(C)c12. The minimum atomic E-state index is -0.0793. The fourth-order valence-electron chi connectivity index (χ4n) is 2.72. The van der Waals surface area contributed by atoms with Crippen LogP contribution in [0.4, 0.5) is 5.82 Å². The first-order valence-electron chi connectivity index (χ1n) is 8.15. The number of hydrogen-bond acceptors (Lipinski definition) is 8. The van der Waals surface area contributed by atoms with Crippen molar-refractivity contribution in [1.29, 1.82) is 0 Å². The summed E-state index contributed by atoms with van der Waals surface area (Å²) in [5.41, 5.74) is 1.57. The molecular weight excluding hydrogens is 354 g/mol. The van der Waals surface area contributed by atoms with Gasteiger partial charge >= 0.3 is 0 Å². The van der Waals surface area contributed by atoms with Gasteiger partial charge in [-0.2, -0.15) is 0 Å². The molecule has 0 aliphatic carbocycles. The Balaban J connectivity index is 1.90. The number of nitrogens with one attached hydrogen (secondary N) is 1. The molecule has 0 saturated carbocycles. The molecule has 0 bridgehead atoms. The Hall–Kier alpha value is -2.52. The van der Waals surface area contributed by atoms with Gasteiger partial charge in [0.1, 0.15) is 28.9 Å². The maximum absolute atomic E-state index is 12.9. The minimum Gasteiger partial charge on any atom is -0.383 e. The molecule has 1 atom stereocenters. The first-order valence-corrected chi connectivity index (χ1v) is 8.97. The topological polar surface area (TPSA) is 93.4 Å². The standard InChI is InChI=1S/C17H21N5O3S/c1-10(8-24-4)20-15-13-11(2)14(26-16(13)19-9-18-15)17(23)22(3)7-12-5-6-25-21-12/h5-6,9-10H,7-8H2,1-4H3,(H,18,19,20)/t10-/m0/s1. The molecule has 0 aliphatic rings. The zero-order chi connectivity index (χ0) is 18.7. The third-order valence-electron chi connectivity index (χ3n) is 3.96. The zero-order valence-corrected chi connectivity index (χ0v) is 16.0. The number of nitrogens with zero attached hydrogens (tertiary/aromatic N) is 4. The molecule has 3 aromatic heterocycles. The van der Waals surface area contributed by atoms with Crippen LogP contribution in [0.25, 0.3) is 10.2 Å². The number of carbonyl (C=O) groups is 1. The lowest BCUT2D eigenvalue weighted by Gasteiger charge is -2.15. The second kappa shape index (κ2) is 7.79. The molecule has 3 rings (SSSR count). The van der Waals surface area contributed by atoms with E-state index in [1.165, 1.54) is 23.9 Å². The second-order valence-electron chi connectivity index (χ2n) is 6.11. The highest BCUT2D eigenvalue weighted by molar-refractivity contribution is 7.20. The molecule has 8 nitrogen and oxygen atoms in total. The van der Waals surface area contributed by atoms with Crippen LogP contribution in [-0.4, -0.2) is 52.7 Å². The fourth-order valence-corrected chi connectivity index (χ4v) is 3.86. The van der Waals surface area contributed by atoms with Gasteiger partial charge < -0.3 is 19.5 Å². The lowest BCUT2D eigenvalue weighted by Crippen LogP contribution is -2.26. The lowest BCUT2D eigenvalue weighted by molar-refractivity contribution is 0.0786. The normalized spacial score (nSPS) is 12.3. The average molecular weight is 375 g/mol. The van der Waals surface area contributed by atoms with Crippen LogP contribution in [0.15, 0.2) is 23.2 Å². The summed E-state index contributed by atoms with van der Waals surface area (Å²) in [4.78, 5) is 24.6. The Kier molecular flexibility index (Phi) is 5.48. The van der Waals surface area contributed by atoms with E-state index in [0.717, 1.165) is 15.8 Å². The highest BCUT2D eigenvalue weighted by Gasteiger charge is 2.22. The van der Waals surface area contributed by atoms with Gasteiger partial charge in [-0.15, -0.1) is 11.3 Å². The van der Waals surface area contributed by atoms with Crippen molar-refractivity contribution >= 4 is 33.3 Å². The van der Waals surface area contributed by atoms with Crippen molar-refractivity contribution in [3.8, 4) is 0 Å². The molecule has 0 spiro atoms. The van der Waals surface area contributed by atoms with Gasteiger partial charge in [-0.05, 0) is 19.4 Å². The van der Waals surface area contributed by atoms with E-state index >= 15 is 0 Å². The minimum absolute atomic E-state index is 0.0793. The van der Waals surface area contributed by atoms with Crippen molar-refractivity contribution in [2.45, 2.75) is 26.4 Å². The van der Waals surface area contributed by atoms with E-state index in [0.29, 0.717) is 29.5 Å². The van der Waals surface area contributed by atoms with Crippen LogP contribution >= 0.6 is 11.3 Å². The molecule has 0 unspecified atom stereocenters. The first-order chi connectivity index (χ1) is 12.5. The zero-order valence-electron chi connectivity index (χ0n) is 15.1. The first kappa shape index (κ1) is 18.3. The van der Waals surface area contributed by atoms with Crippen LogP contribution in [-0.2, 0) is 11.3 Å². The largest absolute Gasteiger partial charge is 0.383 e. The van der Waals surface area contributed by atoms with Crippen molar-refractivity contribution in [3.63, 3.8) is 0 Å². The van der Waals surface area contributed by atoms with E-state index < -0.39 is 0 Å². The molecule has 0 fully saturated rings. The molecule has 3 heterocycles. The third kappa shape index (κ3) is 3.68. The number of methoxy groups -OCH3 is 1. The molecule has 0 aromatic carbocycles. The maximum atomic E-state index is 12.9. The van der Waals surface area contributed by atoms with Crippen LogP contribution in [0.3, 0.4) is 0 Å². The van der Waals surface area contributed by atoms with E-state index in [-0.39, 0.29) is 11.9 Å². The van der Waals surface area contributed by atoms with Crippen LogP contribution in [0, 0.1) is 6.92 Å². The summed E-state index contributed by atoms with van der Waals surface area (Å²) < 4.78 is 9.99. The summed E-state index contributed by atoms with van der Waals surface area (Å²) in [6, 6.07) is 1.83. The molecule has 138 valence electrons. The van der Waals surface area contributed by atoms with Gasteiger partial charge in [0.25, 0.3) is 5.91 Å². The highest BCUT2D eigenvalue weighted by Crippen LogP contribution is 2.34. The second-order valence-corrected chi connectivity index (χ2v) is 7.11. The van der Waals surface area contributed by atoms with E-state index in [2.05, 4.69) is 20.4 Å². The van der Waals surface area contributed by atoms with Crippen LogP contribution in [0.2, 0.25) is 0 Å². The quantitative estimate of drug-likeness (QED) is 0.678. The summed E-state index contributed by atoms with van der Waals surface area (Å²) in [6.45, 7) is 4.87. The van der Waals surface area contributed by atoms with Crippen molar-refractivity contribution in [3.05, 3.63) is 34.8 Å². The monoisotopic (exact) mass is 375 g/mol. The molecule has 0 saturated heterocycles. The average Bonchev–Trinajstić information content (AvgIpc) is 3.23. The van der Waals surface area contributed by atoms with Crippen molar-refractivity contribution in [1.82, 2.24) is 20.0 Å². The molecule has 0 aliphatic heterocycles. The van der Waals surface area contributed by atoms with Crippen LogP contribution < -0.4 is 5.32 Å². The smallest absolute Gasteiger partial charge is 0.264 e. The lowest BCUT2D eigenvalue weighted by atomic mass is 10.2. The number of ether oxygens (including phenoxy) is 1.